The monoisotopic (exact) mass is 327 g/mol. The predicted molar refractivity (Wildman–Crippen MR) is 95.5 cm³/mol. The van der Waals surface area contributed by atoms with Crippen LogP contribution in [0, 0.1) is 40.9 Å². The van der Waals surface area contributed by atoms with E-state index in [0.717, 1.165) is 35.5 Å². The summed E-state index contributed by atoms with van der Waals surface area (Å²) in [5.41, 5.74) is 1.71. The highest BCUT2D eigenvalue weighted by atomic mass is 16.5. The van der Waals surface area contributed by atoms with E-state index in [4.69, 9.17) is 4.52 Å². The van der Waals surface area contributed by atoms with Crippen molar-refractivity contribution in [3.63, 3.8) is 0 Å². The molecule has 0 amide bonds. The summed E-state index contributed by atoms with van der Waals surface area (Å²) in [6, 6.07) is 2.13. The van der Waals surface area contributed by atoms with Gasteiger partial charge in [-0.25, -0.2) is 0 Å². The number of nitrogens with zero attached hydrogens (tertiary/aromatic N) is 1. The highest BCUT2D eigenvalue weighted by Crippen LogP contribution is 2.66. The van der Waals surface area contributed by atoms with E-state index in [2.05, 4.69) is 25.1 Å². The summed E-state index contributed by atoms with van der Waals surface area (Å²) in [5, 5.41) is 4.34. The van der Waals surface area contributed by atoms with Crippen LogP contribution in [0.3, 0.4) is 0 Å². The maximum Gasteiger partial charge on any atom is 0.124 e. The summed E-state index contributed by atoms with van der Waals surface area (Å²) in [6.07, 6.45) is 15.0. The second-order valence-corrected chi connectivity index (χ2v) is 9.95. The molecular formula is C22H33NO. The minimum Gasteiger partial charge on any atom is -0.365 e. The molecule has 0 bridgehead atoms. The largest absolute Gasteiger partial charge is 0.365 e. The van der Waals surface area contributed by atoms with E-state index < -0.39 is 0 Å². The van der Waals surface area contributed by atoms with Crippen molar-refractivity contribution in [2.45, 2.75) is 77.6 Å². The smallest absolute Gasteiger partial charge is 0.124 e. The molecule has 8 atom stereocenters. The van der Waals surface area contributed by atoms with Crippen molar-refractivity contribution in [2.75, 3.05) is 0 Å². The summed E-state index contributed by atoms with van der Waals surface area (Å²) in [4.78, 5) is 0. The van der Waals surface area contributed by atoms with Crippen molar-refractivity contribution in [1.29, 1.82) is 0 Å². The Morgan fingerprint density at radius 2 is 1.88 bits per heavy atom. The first kappa shape index (κ1) is 15.5. The standard InChI is InChI=1S/C22H33NO/c1-14-3-5-16-15(13-14)4-6-18-17(16)9-11-22(2)19(18)7-8-20(22)21-10-12-24-23-21/h10,12,14-20H,3-9,11,13H2,1-2H3. The Kier molecular flexibility index (Phi) is 3.61. The van der Waals surface area contributed by atoms with Gasteiger partial charge in [0.15, 0.2) is 0 Å². The Balaban J connectivity index is 1.40. The number of hydrogen-bond acceptors (Lipinski definition) is 2. The third kappa shape index (κ3) is 2.17. The van der Waals surface area contributed by atoms with E-state index in [1.807, 2.05) is 0 Å². The van der Waals surface area contributed by atoms with Gasteiger partial charge in [-0.1, -0.05) is 25.4 Å². The Labute approximate surface area is 146 Å². The molecule has 1 aromatic rings. The molecule has 4 aliphatic rings. The van der Waals surface area contributed by atoms with Crippen molar-refractivity contribution in [3.8, 4) is 0 Å². The van der Waals surface area contributed by atoms with Crippen LogP contribution in [-0.2, 0) is 0 Å². The van der Waals surface area contributed by atoms with Gasteiger partial charge in [-0.05, 0) is 92.3 Å². The zero-order valence-electron chi connectivity index (χ0n) is 15.4. The molecule has 0 radical (unpaired) electrons. The molecule has 0 aromatic carbocycles. The lowest BCUT2D eigenvalue weighted by molar-refractivity contribution is -0.0599. The highest BCUT2D eigenvalue weighted by molar-refractivity contribution is 5.17. The van der Waals surface area contributed by atoms with Crippen molar-refractivity contribution in [1.82, 2.24) is 5.16 Å². The summed E-state index contributed by atoms with van der Waals surface area (Å²) >= 11 is 0. The molecule has 24 heavy (non-hydrogen) atoms. The van der Waals surface area contributed by atoms with E-state index in [-0.39, 0.29) is 0 Å². The topological polar surface area (TPSA) is 26.0 Å². The van der Waals surface area contributed by atoms with Gasteiger partial charge in [0.1, 0.15) is 6.26 Å². The van der Waals surface area contributed by atoms with Gasteiger partial charge in [-0.2, -0.15) is 0 Å². The van der Waals surface area contributed by atoms with Crippen LogP contribution in [0.1, 0.15) is 83.2 Å². The van der Waals surface area contributed by atoms with Gasteiger partial charge >= 0.3 is 0 Å². The van der Waals surface area contributed by atoms with Crippen LogP contribution in [0.15, 0.2) is 16.9 Å². The Bertz CT molecular complexity index is 581. The van der Waals surface area contributed by atoms with Crippen molar-refractivity contribution < 1.29 is 4.52 Å². The molecule has 1 heterocycles. The first-order chi connectivity index (χ1) is 11.7. The summed E-state index contributed by atoms with van der Waals surface area (Å²) in [7, 11) is 0. The Hall–Kier alpha value is -0.790. The van der Waals surface area contributed by atoms with Gasteiger partial charge in [0.05, 0.1) is 5.69 Å². The van der Waals surface area contributed by atoms with Gasteiger partial charge in [-0.15, -0.1) is 0 Å². The van der Waals surface area contributed by atoms with E-state index in [9.17, 15) is 0 Å². The minimum absolute atomic E-state index is 0.479. The van der Waals surface area contributed by atoms with Gasteiger partial charge in [0.25, 0.3) is 0 Å². The molecule has 0 saturated heterocycles. The SMILES string of the molecule is CC1CCC2C(CCC3C2CCC2(C)C(c4ccon4)CCC32)C1. The van der Waals surface area contributed by atoms with Gasteiger partial charge in [0, 0.05) is 12.0 Å². The lowest BCUT2D eigenvalue weighted by atomic mass is 9.49. The lowest BCUT2D eigenvalue weighted by Gasteiger charge is -2.56. The number of aromatic nitrogens is 1. The quantitative estimate of drug-likeness (QED) is 0.628. The first-order valence-electron chi connectivity index (χ1n) is 10.6. The van der Waals surface area contributed by atoms with E-state index >= 15 is 0 Å². The van der Waals surface area contributed by atoms with Crippen LogP contribution in [-0.4, -0.2) is 5.16 Å². The molecule has 0 spiro atoms. The molecule has 4 saturated carbocycles. The van der Waals surface area contributed by atoms with E-state index in [0.29, 0.717) is 11.3 Å². The molecule has 1 aromatic heterocycles. The van der Waals surface area contributed by atoms with E-state index in [1.54, 1.807) is 6.26 Å². The molecule has 2 nitrogen and oxygen atoms in total. The minimum atomic E-state index is 0.479. The summed E-state index contributed by atoms with van der Waals surface area (Å²) in [6.45, 7) is 5.08. The average molecular weight is 328 g/mol. The molecular weight excluding hydrogens is 294 g/mol. The third-order valence-electron chi connectivity index (χ3n) is 9.03. The van der Waals surface area contributed by atoms with Gasteiger partial charge in [0.2, 0.25) is 0 Å². The second kappa shape index (κ2) is 5.61. The van der Waals surface area contributed by atoms with Gasteiger partial charge in [-0.3, -0.25) is 0 Å². The maximum absolute atomic E-state index is 5.19. The zero-order valence-corrected chi connectivity index (χ0v) is 15.4. The van der Waals surface area contributed by atoms with Crippen LogP contribution < -0.4 is 0 Å². The Morgan fingerprint density at radius 1 is 1.00 bits per heavy atom. The first-order valence-corrected chi connectivity index (χ1v) is 10.6. The van der Waals surface area contributed by atoms with E-state index in [1.165, 1.54) is 63.5 Å². The Morgan fingerprint density at radius 3 is 2.71 bits per heavy atom. The highest BCUT2D eigenvalue weighted by Gasteiger charge is 2.57. The fraction of sp³-hybridized carbons (Fsp3) is 0.864. The molecule has 8 unspecified atom stereocenters. The zero-order chi connectivity index (χ0) is 16.3. The number of fused-ring (bicyclic) bond motifs is 5. The molecule has 5 rings (SSSR count). The number of rotatable bonds is 1. The van der Waals surface area contributed by atoms with Crippen LogP contribution in [0.4, 0.5) is 0 Å². The average Bonchev–Trinajstić information content (AvgIpc) is 3.20. The maximum atomic E-state index is 5.19. The molecule has 4 fully saturated rings. The fourth-order valence-electron chi connectivity index (χ4n) is 7.98. The third-order valence-corrected chi connectivity index (χ3v) is 9.03. The molecule has 2 heteroatoms. The lowest BCUT2D eigenvalue weighted by Crippen LogP contribution is -2.48. The van der Waals surface area contributed by atoms with Crippen LogP contribution in [0.5, 0.6) is 0 Å². The molecule has 0 N–H and O–H groups in total. The summed E-state index contributed by atoms with van der Waals surface area (Å²) in [5.74, 6) is 6.76. The van der Waals surface area contributed by atoms with Crippen molar-refractivity contribution in [3.05, 3.63) is 18.0 Å². The van der Waals surface area contributed by atoms with Crippen LogP contribution in [0.25, 0.3) is 0 Å². The molecule has 0 aliphatic heterocycles. The summed E-state index contributed by atoms with van der Waals surface area (Å²) < 4.78 is 5.19. The van der Waals surface area contributed by atoms with Gasteiger partial charge < -0.3 is 4.52 Å². The van der Waals surface area contributed by atoms with Crippen LogP contribution in [0.2, 0.25) is 0 Å². The predicted octanol–water partition coefficient (Wildman–Crippen LogP) is 6.05. The van der Waals surface area contributed by atoms with Crippen molar-refractivity contribution in [2.24, 2.45) is 40.9 Å². The molecule has 132 valence electrons. The van der Waals surface area contributed by atoms with Crippen molar-refractivity contribution >= 4 is 0 Å². The van der Waals surface area contributed by atoms with Crippen LogP contribution >= 0.6 is 0 Å². The fourth-order valence-corrected chi connectivity index (χ4v) is 7.98. The number of hydrogen-bond donors (Lipinski definition) is 0. The second-order valence-electron chi connectivity index (χ2n) is 9.95. The normalized spacial score (nSPS) is 50.8. The molecule has 4 aliphatic carbocycles.